The SMILES string of the molecule is CCN(CC)C(CNC(=O)C(NC(=O)c1ccc(F)cc1)C(C)C)c1cccc(OC)c1. The molecule has 0 radical (unpaired) electrons. The van der Waals surface area contributed by atoms with Gasteiger partial charge in [0, 0.05) is 12.1 Å². The predicted octanol–water partition coefficient (Wildman–Crippen LogP) is 3.79. The third-order valence-electron chi connectivity index (χ3n) is 5.54. The Kier molecular flexibility index (Phi) is 9.65. The van der Waals surface area contributed by atoms with Crippen LogP contribution in [0.3, 0.4) is 0 Å². The van der Waals surface area contributed by atoms with E-state index in [1.807, 2.05) is 38.1 Å². The molecule has 0 spiro atoms. The Morgan fingerprint density at radius 3 is 2.28 bits per heavy atom. The second kappa shape index (κ2) is 12.2. The molecule has 0 saturated carbocycles. The molecule has 2 rings (SSSR count). The number of carbonyl (C=O) groups excluding carboxylic acids is 2. The van der Waals surface area contributed by atoms with Gasteiger partial charge in [0.25, 0.3) is 5.91 Å². The van der Waals surface area contributed by atoms with Crippen LogP contribution in [0.25, 0.3) is 0 Å². The summed E-state index contributed by atoms with van der Waals surface area (Å²) in [6, 6.07) is 12.3. The van der Waals surface area contributed by atoms with Gasteiger partial charge < -0.3 is 15.4 Å². The maximum Gasteiger partial charge on any atom is 0.251 e. The Hall–Kier alpha value is -2.93. The molecule has 0 heterocycles. The molecular weight excluding hydrogens is 409 g/mol. The molecule has 32 heavy (non-hydrogen) atoms. The Morgan fingerprint density at radius 2 is 1.72 bits per heavy atom. The predicted molar refractivity (Wildman–Crippen MR) is 124 cm³/mol. The number of benzene rings is 2. The van der Waals surface area contributed by atoms with Crippen molar-refractivity contribution in [2.45, 2.75) is 39.8 Å². The first-order chi connectivity index (χ1) is 15.3. The highest BCUT2D eigenvalue weighted by Crippen LogP contribution is 2.24. The molecular formula is C25H34FN3O3. The summed E-state index contributed by atoms with van der Waals surface area (Å²) in [6.07, 6.45) is 0. The van der Waals surface area contributed by atoms with Gasteiger partial charge in [-0.3, -0.25) is 14.5 Å². The van der Waals surface area contributed by atoms with Crippen molar-refractivity contribution in [1.29, 1.82) is 0 Å². The van der Waals surface area contributed by atoms with Crippen molar-refractivity contribution in [3.8, 4) is 5.75 Å². The van der Waals surface area contributed by atoms with Crippen LogP contribution in [0.5, 0.6) is 5.75 Å². The van der Waals surface area contributed by atoms with Crippen LogP contribution in [-0.2, 0) is 4.79 Å². The van der Waals surface area contributed by atoms with E-state index in [1.54, 1.807) is 7.11 Å². The zero-order valence-corrected chi connectivity index (χ0v) is 19.5. The number of likely N-dealkylation sites (N-methyl/N-ethyl adjacent to an activating group) is 1. The minimum absolute atomic E-state index is 0.0373. The molecule has 0 aliphatic heterocycles. The first-order valence-corrected chi connectivity index (χ1v) is 11.0. The maximum atomic E-state index is 13.1. The number of rotatable bonds is 11. The molecule has 6 nitrogen and oxygen atoms in total. The fourth-order valence-corrected chi connectivity index (χ4v) is 3.64. The number of carbonyl (C=O) groups is 2. The minimum Gasteiger partial charge on any atom is -0.497 e. The van der Waals surface area contributed by atoms with E-state index in [2.05, 4.69) is 29.4 Å². The molecule has 174 valence electrons. The van der Waals surface area contributed by atoms with Crippen LogP contribution in [0.1, 0.15) is 49.7 Å². The number of hydrogen-bond acceptors (Lipinski definition) is 4. The molecule has 2 amide bonds. The van der Waals surface area contributed by atoms with Crippen LogP contribution >= 0.6 is 0 Å². The average Bonchev–Trinajstić information content (AvgIpc) is 2.80. The summed E-state index contributed by atoms with van der Waals surface area (Å²) in [5, 5.41) is 5.80. The van der Waals surface area contributed by atoms with E-state index in [1.165, 1.54) is 24.3 Å². The van der Waals surface area contributed by atoms with Gasteiger partial charge in [0.15, 0.2) is 0 Å². The van der Waals surface area contributed by atoms with Gasteiger partial charge in [-0.1, -0.05) is 39.8 Å². The van der Waals surface area contributed by atoms with Crippen molar-refractivity contribution in [2.24, 2.45) is 5.92 Å². The molecule has 0 saturated heterocycles. The lowest BCUT2D eigenvalue weighted by Crippen LogP contribution is -2.51. The highest BCUT2D eigenvalue weighted by Gasteiger charge is 2.26. The molecule has 2 aromatic rings. The van der Waals surface area contributed by atoms with Crippen LogP contribution < -0.4 is 15.4 Å². The van der Waals surface area contributed by atoms with Gasteiger partial charge in [0.2, 0.25) is 5.91 Å². The third-order valence-corrected chi connectivity index (χ3v) is 5.54. The summed E-state index contributed by atoms with van der Waals surface area (Å²) in [5.41, 5.74) is 1.35. The Balaban J connectivity index is 2.14. The molecule has 2 N–H and O–H groups in total. The van der Waals surface area contributed by atoms with Gasteiger partial charge in [-0.05, 0) is 61.0 Å². The first-order valence-electron chi connectivity index (χ1n) is 11.0. The van der Waals surface area contributed by atoms with E-state index >= 15 is 0 Å². The average molecular weight is 444 g/mol. The van der Waals surface area contributed by atoms with Crippen molar-refractivity contribution in [1.82, 2.24) is 15.5 Å². The van der Waals surface area contributed by atoms with Gasteiger partial charge in [-0.15, -0.1) is 0 Å². The number of ether oxygens (including phenoxy) is 1. The molecule has 0 aliphatic rings. The molecule has 0 fully saturated rings. The van der Waals surface area contributed by atoms with Gasteiger partial charge in [0.1, 0.15) is 17.6 Å². The molecule has 0 aliphatic carbocycles. The lowest BCUT2D eigenvalue weighted by atomic mass is 10.0. The fourth-order valence-electron chi connectivity index (χ4n) is 3.64. The number of hydrogen-bond donors (Lipinski definition) is 2. The van der Waals surface area contributed by atoms with Crippen LogP contribution in [0.15, 0.2) is 48.5 Å². The van der Waals surface area contributed by atoms with Crippen LogP contribution in [0, 0.1) is 11.7 Å². The molecule has 2 atom stereocenters. The number of nitrogens with one attached hydrogen (secondary N) is 2. The summed E-state index contributed by atoms with van der Waals surface area (Å²) in [4.78, 5) is 27.9. The number of methoxy groups -OCH3 is 1. The van der Waals surface area contributed by atoms with E-state index in [0.717, 1.165) is 24.4 Å². The zero-order valence-electron chi connectivity index (χ0n) is 19.5. The summed E-state index contributed by atoms with van der Waals surface area (Å²) < 4.78 is 18.5. The van der Waals surface area contributed by atoms with Crippen LogP contribution in [-0.4, -0.2) is 49.5 Å². The molecule has 0 bridgehead atoms. The number of halogens is 1. The third kappa shape index (κ3) is 6.79. The summed E-state index contributed by atoms with van der Waals surface area (Å²) >= 11 is 0. The van der Waals surface area contributed by atoms with Crippen molar-refractivity contribution in [3.63, 3.8) is 0 Å². The lowest BCUT2D eigenvalue weighted by Gasteiger charge is -2.31. The van der Waals surface area contributed by atoms with Crippen molar-refractivity contribution < 1.29 is 18.7 Å². The molecule has 7 heteroatoms. The normalized spacial score (nSPS) is 13.0. The van der Waals surface area contributed by atoms with Crippen molar-refractivity contribution in [2.75, 3.05) is 26.7 Å². The number of amides is 2. The maximum absolute atomic E-state index is 13.1. The minimum atomic E-state index is -0.713. The molecule has 0 aromatic heterocycles. The van der Waals surface area contributed by atoms with E-state index in [4.69, 9.17) is 4.74 Å². The second-order valence-electron chi connectivity index (χ2n) is 7.96. The highest BCUT2D eigenvalue weighted by atomic mass is 19.1. The van der Waals surface area contributed by atoms with Crippen LogP contribution in [0.4, 0.5) is 4.39 Å². The van der Waals surface area contributed by atoms with Gasteiger partial charge in [-0.25, -0.2) is 4.39 Å². The quantitative estimate of drug-likeness (QED) is 0.554. The van der Waals surface area contributed by atoms with Gasteiger partial charge in [-0.2, -0.15) is 0 Å². The van der Waals surface area contributed by atoms with E-state index in [9.17, 15) is 14.0 Å². The summed E-state index contributed by atoms with van der Waals surface area (Å²) in [6.45, 7) is 9.95. The smallest absolute Gasteiger partial charge is 0.251 e. The summed E-state index contributed by atoms with van der Waals surface area (Å²) in [5.74, 6) is -0.442. The van der Waals surface area contributed by atoms with Crippen LogP contribution in [0.2, 0.25) is 0 Å². The first kappa shape index (κ1) is 25.3. The van der Waals surface area contributed by atoms with Gasteiger partial charge in [0.05, 0.1) is 13.2 Å². The van der Waals surface area contributed by atoms with E-state index in [0.29, 0.717) is 12.1 Å². The topological polar surface area (TPSA) is 70.7 Å². The van der Waals surface area contributed by atoms with Crippen molar-refractivity contribution in [3.05, 3.63) is 65.5 Å². The second-order valence-corrected chi connectivity index (χ2v) is 7.96. The largest absolute Gasteiger partial charge is 0.497 e. The zero-order chi connectivity index (χ0) is 23.7. The highest BCUT2D eigenvalue weighted by molar-refractivity contribution is 5.97. The summed E-state index contributed by atoms with van der Waals surface area (Å²) in [7, 11) is 1.63. The van der Waals surface area contributed by atoms with E-state index < -0.39 is 17.8 Å². The Bertz CT molecular complexity index is 882. The standard InChI is InChI=1S/C25H34FN3O3/c1-6-29(7-2)22(19-9-8-10-21(15-19)32-5)16-27-25(31)23(17(3)4)28-24(30)18-11-13-20(26)14-12-18/h8-15,17,22-23H,6-7,16H2,1-5H3,(H,27,31)(H,28,30). The molecule has 2 aromatic carbocycles. The molecule has 2 unspecified atom stereocenters. The van der Waals surface area contributed by atoms with E-state index in [-0.39, 0.29) is 17.9 Å². The lowest BCUT2D eigenvalue weighted by molar-refractivity contribution is -0.124. The monoisotopic (exact) mass is 443 g/mol. The van der Waals surface area contributed by atoms with Gasteiger partial charge >= 0.3 is 0 Å². The van der Waals surface area contributed by atoms with Crippen molar-refractivity contribution >= 4 is 11.8 Å². The number of nitrogens with zero attached hydrogens (tertiary/aromatic N) is 1. The Labute approximate surface area is 190 Å². The Morgan fingerprint density at radius 1 is 1.06 bits per heavy atom. The fraction of sp³-hybridized carbons (Fsp3) is 0.440.